The molecule has 1 atom stereocenters. The first-order valence-corrected chi connectivity index (χ1v) is 7.93. The van der Waals surface area contributed by atoms with E-state index in [1.165, 1.54) is 29.2 Å². The summed E-state index contributed by atoms with van der Waals surface area (Å²) in [4.78, 5) is 0. The summed E-state index contributed by atoms with van der Waals surface area (Å²) in [6.07, 6.45) is 2.57. The predicted molar refractivity (Wildman–Crippen MR) is 77.3 cm³/mol. The zero-order valence-corrected chi connectivity index (χ0v) is 12.5. The summed E-state index contributed by atoms with van der Waals surface area (Å²) in [5, 5.41) is 1.32. The maximum absolute atomic E-state index is 2.25. The number of hydrogen-bond acceptors (Lipinski definition) is 0. The van der Waals surface area contributed by atoms with Gasteiger partial charge in [0.1, 0.15) is 0 Å². The van der Waals surface area contributed by atoms with Crippen LogP contribution in [-0.2, 0) is 0 Å². The second-order valence-electron chi connectivity index (χ2n) is 4.30. The van der Waals surface area contributed by atoms with Gasteiger partial charge < -0.3 is 0 Å². The molecule has 0 N–H and O–H groups in total. The molecule has 0 saturated heterocycles. The van der Waals surface area contributed by atoms with Crippen molar-refractivity contribution in [1.82, 2.24) is 0 Å². The van der Waals surface area contributed by atoms with E-state index in [0.29, 0.717) is 5.92 Å². The topological polar surface area (TPSA) is 0 Å². The zero-order chi connectivity index (χ0) is 11.9. The Bertz CT molecular complexity index is 382. The Hall–Kier alpha value is -1.00. The molecule has 0 radical (unpaired) electrons. The fourth-order valence-corrected chi connectivity index (χ4v) is 2.71. The van der Waals surface area contributed by atoms with Gasteiger partial charge in [-0.25, -0.2) is 0 Å². The number of hydrogen-bond donors (Lipinski definition) is 0. The van der Waals surface area contributed by atoms with Gasteiger partial charge in [0.15, 0.2) is 0 Å². The van der Waals surface area contributed by atoms with E-state index in [-0.39, 0.29) is 0 Å². The molecule has 0 nitrogen and oxygen atoms in total. The quantitative estimate of drug-likeness (QED) is 0.736. The average Bonchev–Trinajstić information content (AvgIpc) is 2.42. The third-order valence-electron chi connectivity index (χ3n) is 3.10. The van der Waals surface area contributed by atoms with Gasteiger partial charge in [-0.05, 0) is 0 Å². The van der Waals surface area contributed by atoms with Crippen molar-refractivity contribution in [3.8, 4) is 0 Å². The van der Waals surface area contributed by atoms with Gasteiger partial charge in [-0.3, -0.25) is 0 Å². The third-order valence-corrected chi connectivity index (χ3v) is 3.96. The van der Waals surface area contributed by atoms with Crippen molar-refractivity contribution in [2.24, 2.45) is 0 Å². The van der Waals surface area contributed by atoms with E-state index in [4.69, 9.17) is 0 Å². The van der Waals surface area contributed by atoms with E-state index in [1.54, 1.807) is 0 Å². The van der Waals surface area contributed by atoms with Gasteiger partial charge >= 0.3 is 113 Å². The molecule has 2 aromatic carbocycles. The molecule has 0 bridgehead atoms. The van der Waals surface area contributed by atoms with Crippen LogP contribution in [0.3, 0.4) is 0 Å². The second-order valence-corrected chi connectivity index (χ2v) is 5.52. The van der Waals surface area contributed by atoms with Gasteiger partial charge in [-0.1, -0.05) is 0 Å². The molecule has 1 unspecified atom stereocenters. The second kappa shape index (κ2) is 6.67. The van der Waals surface area contributed by atoms with Crippen LogP contribution in [0.15, 0.2) is 60.7 Å². The average molecular weight is 286 g/mol. The molecule has 0 aromatic heterocycles. The number of rotatable bonds is 5. The molecule has 0 aliphatic heterocycles. The zero-order valence-electron chi connectivity index (χ0n) is 10.0. The summed E-state index contributed by atoms with van der Waals surface area (Å²) in [5.74, 6) is 0.563. The first-order valence-electron chi connectivity index (χ1n) is 6.22. The van der Waals surface area contributed by atoms with Gasteiger partial charge in [-0.15, -0.1) is 0 Å². The Morgan fingerprint density at radius 2 is 1.24 bits per heavy atom. The SMILES string of the molecule is [AsH2]CCCC(c1ccccc1)c1ccccc1. The van der Waals surface area contributed by atoms with Crippen LogP contribution in [0, 0.1) is 0 Å². The third kappa shape index (κ3) is 3.48. The molecule has 0 amide bonds. The van der Waals surface area contributed by atoms with Crippen LogP contribution in [-0.4, -0.2) is 16.9 Å². The van der Waals surface area contributed by atoms with Gasteiger partial charge in [-0.2, -0.15) is 0 Å². The molecule has 0 aliphatic carbocycles. The maximum atomic E-state index is 2.25. The molecule has 2 rings (SSSR count). The molecular formula is C16H19As. The number of benzene rings is 2. The fourth-order valence-electron chi connectivity index (χ4n) is 2.22. The first-order chi connectivity index (χ1) is 8.42. The minimum absolute atomic E-state index is 0.563. The van der Waals surface area contributed by atoms with E-state index in [0.717, 1.165) is 0 Å². The van der Waals surface area contributed by atoms with Crippen LogP contribution in [0.1, 0.15) is 29.9 Å². The summed E-state index contributed by atoms with van der Waals surface area (Å²) in [5.41, 5.74) is 2.89. The van der Waals surface area contributed by atoms with Crippen LogP contribution < -0.4 is 0 Å². The van der Waals surface area contributed by atoms with Crippen molar-refractivity contribution in [3.05, 3.63) is 71.8 Å². The molecule has 0 aliphatic rings. The van der Waals surface area contributed by atoms with Crippen molar-refractivity contribution in [2.75, 3.05) is 0 Å². The first kappa shape index (κ1) is 12.5. The molecule has 0 spiro atoms. The van der Waals surface area contributed by atoms with Gasteiger partial charge in [0.05, 0.1) is 0 Å². The van der Waals surface area contributed by atoms with Gasteiger partial charge in [0, 0.05) is 0 Å². The van der Waals surface area contributed by atoms with Crippen LogP contribution in [0.2, 0.25) is 5.21 Å². The van der Waals surface area contributed by atoms with Crippen molar-refractivity contribution >= 4 is 16.9 Å². The Morgan fingerprint density at radius 1 is 0.765 bits per heavy atom. The molecule has 17 heavy (non-hydrogen) atoms. The Labute approximate surface area is 113 Å². The van der Waals surface area contributed by atoms with Crippen molar-refractivity contribution in [3.63, 3.8) is 0 Å². The molecular weight excluding hydrogens is 267 g/mol. The molecule has 1 heteroatoms. The van der Waals surface area contributed by atoms with E-state index in [1.807, 2.05) is 16.9 Å². The van der Waals surface area contributed by atoms with Crippen molar-refractivity contribution in [1.29, 1.82) is 0 Å². The van der Waals surface area contributed by atoms with Crippen LogP contribution in [0.4, 0.5) is 0 Å². The van der Waals surface area contributed by atoms with Crippen LogP contribution in [0.25, 0.3) is 0 Å². The Balaban J connectivity index is 2.26. The standard InChI is InChI=1S/C16H19As/c17-13-7-12-16(14-8-3-1-4-9-14)15-10-5-2-6-11-15/h1-6,8-11,16H,7,12-13,17H2. The Kier molecular flexibility index (Phi) is 4.88. The Morgan fingerprint density at radius 3 is 1.65 bits per heavy atom. The summed E-state index contributed by atoms with van der Waals surface area (Å²) in [6.45, 7) is 0. The summed E-state index contributed by atoms with van der Waals surface area (Å²) in [7, 11) is 0. The molecule has 0 fully saturated rings. The van der Waals surface area contributed by atoms with Crippen molar-refractivity contribution < 1.29 is 0 Å². The molecule has 2 aromatic rings. The summed E-state index contributed by atoms with van der Waals surface area (Å²) >= 11 is 1.83. The normalized spacial score (nSPS) is 10.7. The monoisotopic (exact) mass is 286 g/mol. The van der Waals surface area contributed by atoms with E-state index in [9.17, 15) is 0 Å². The summed E-state index contributed by atoms with van der Waals surface area (Å²) < 4.78 is 0. The molecule has 0 heterocycles. The van der Waals surface area contributed by atoms with E-state index in [2.05, 4.69) is 60.7 Å². The predicted octanol–water partition coefficient (Wildman–Crippen LogP) is 3.65. The van der Waals surface area contributed by atoms with E-state index < -0.39 is 0 Å². The molecule has 88 valence electrons. The minimum atomic E-state index is 0.563. The van der Waals surface area contributed by atoms with Crippen LogP contribution >= 0.6 is 0 Å². The van der Waals surface area contributed by atoms with Gasteiger partial charge in [0.2, 0.25) is 0 Å². The van der Waals surface area contributed by atoms with Gasteiger partial charge in [0.25, 0.3) is 0 Å². The fraction of sp³-hybridized carbons (Fsp3) is 0.250. The van der Waals surface area contributed by atoms with E-state index >= 15 is 0 Å². The van der Waals surface area contributed by atoms with Crippen molar-refractivity contribution in [2.45, 2.75) is 24.0 Å². The molecule has 0 saturated carbocycles. The van der Waals surface area contributed by atoms with Crippen LogP contribution in [0.5, 0.6) is 0 Å². The summed E-state index contributed by atoms with van der Waals surface area (Å²) in [6, 6.07) is 21.7.